The topological polar surface area (TPSA) is 110 Å². The van der Waals surface area contributed by atoms with Gasteiger partial charge in [0.15, 0.2) is 10.0 Å². The molecule has 2 unspecified atom stereocenters. The summed E-state index contributed by atoms with van der Waals surface area (Å²) in [6.07, 6.45) is 1.64. The SMILES string of the molecule is Cc1nc(C(=O)NC(CO)c2ccccc2)sc1Cc1cccc(N2CCN(C)CC2)c1.Cc1nc(C2=NC(c3ccccc3)CO2)sc1Cc1cccc(N2CCN(C)CC2)c1. The third-order valence-corrected chi connectivity index (χ3v) is 14.3. The predicted molar refractivity (Wildman–Crippen MR) is 257 cm³/mol. The lowest BCUT2D eigenvalue weighted by Gasteiger charge is -2.34. The minimum absolute atomic E-state index is 0.0594. The zero-order chi connectivity index (χ0) is 43.7. The molecule has 3 aliphatic heterocycles. The number of carbonyl (C=O) groups excluding carboxylic acids is 1. The van der Waals surface area contributed by atoms with Crippen LogP contribution in [0.1, 0.15) is 70.3 Å². The minimum Gasteiger partial charge on any atom is -0.473 e. The van der Waals surface area contributed by atoms with E-state index in [1.54, 1.807) is 11.3 Å². The number of nitrogens with one attached hydrogen (secondary N) is 1. The van der Waals surface area contributed by atoms with Gasteiger partial charge in [-0.25, -0.2) is 15.0 Å². The summed E-state index contributed by atoms with van der Waals surface area (Å²) < 4.78 is 5.92. The van der Waals surface area contributed by atoms with Crippen molar-refractivity contribution in [1.29, 1.82) is 0 Å². The van der Waals surface area contributed by atoms with Crippen LogP contribution >= 0.6 is 22.7 Å². The van der Waals surface area contributed by atoms with Crippen LogP contribution in [0.2, 0.25) is 0 Å². The summed E-state index contributed by atoms with van der Waals surface area (Å²) in [5.74, 6) is 0.429. The molecule has 9 rings (SSSR count). The Labute approximate surface area is 379 Å². The molecule has 0 bridgehead atoms. The molecule has 1 amide bonds. The van der Waals surface area contributed by atoms with Crippen LogP contribution < -0.4 is 15.1 Å². The Kier molecular flexibility index (Phi) is 14.6. The Hall–Kier alpha value is -5.44. The van der Waals surface area contributed by atoms with Gasteiger partial charge in [-0.3, -0.25) is 4.79 Å². The largest absolute Gasteiger partial charge is 0.473 e. The summed E-state index contributed by atoms with van der Waals surface area (Å²) >= 11 is 3.13. The first kappa shape index (κ1) is 44.2. The van der Waals surface area contributed by atoms with Gasteiger partial charge < -0.3 is 34.8 Å². The zero-order valence-corrected chi connectivity index (χ0v) is 38.4. The lowest BCUT2D eigenvalue weighted by molar-refractivity contribution is 0.0915. The fourth-order valence-electron chi connectivity index (χ4n) is 8.08. The maximum Gasteiger partial charge on any atom is 0.280 e. The minimum atomic E-state index is -0.448. The van der Waals surface area contributed by atoms with E-state index in [9.17, 15) is 9.90 Å². The van der Waals surface area contributed by atoms with Gasteiger partial charge >= 0.3 is 0 Å². The van der Waals surface area contributed by atoms with Crippen LogP contribution in [0.15, 0.2) is 114 Å². The molecule has 13 heteroatoms. The van der Waals surface area contributed by atoms with Gasteiger partial charge in [-0.05, 0) is 74.5 Å². The van der Waals surface area contributed by atoms with E-state index >= 15 is 0 Å². The number of carbonyl (C=O) groups is 1. The van der Waals surface area contributed by atoms with Crippen molar-refractivity contribution in [3.63, 3.8) is 0 Å². The van der Waals surface area contributed by atoms with E-state index in [2.05, 4.69) is 112 Å². The molecule has 0 spiro atoms. The number of thiazole rings is 2. The first-order chi connectivity index (χ1) is 30.7. The molecule has 2 atom stereocenters. The number of aryl methyl sites for hydroxylation is 2. The molecule has 2 N–H and O–H groups in total. The number of aliphatic imine (C=N–C) groups is 1. The second-order valence-electron chi connectivity index (χ2n) is 16.6. The zero-order valence-electron chi connectivity index (χ0n) is 36.7. The van der Waals surface area contributed by atoms with Crippen molar-refractivity contribution in [3.8, 4) is 0 Å². The van der Waals surface area contributed by atoms with Crippen molar-refractivity contribution in [2.75, 3.05) is 89.5 Å². The summed E-state index contributed by atoms with van der Waals surface area (Å²) in [6, 6.07) is 37.1. The number of hydrogen-bond donors (Lipinski definition) is 2. The van der Waals surface area contributed by atoms with Crippen LogP contribution in [0.5, 0.6) is 0 Å². The van der Waals surface area contributed by atoms with Crippen molar-refractivity contribution >= 4 is 45.9 Å². The second-order valence-corrected chi connectivity index (χ2v) is 18.8. The number of rotatable bonds is 12. The number of hydrogen-bond acceptors (Lipinski definition) is 12. The third-order valence-electron chi connectivity index (χ3n) is 12.0. The van der Waals surface area contributed by atoms with E-state index in [1.165, 1.54) is 44.3 Å². The molecule has 328 valence electrons. The predicted octanol–water partition coefficient (Wildman–Crippen LogP) is 7.57. The number of amides is 1. The number of aromatic nitrogens is 2. The number of benzene rings is 4. The van der Waals surface area contributed by atoms with Gasteiger partial charge in [0.25, 0.3) is 5.91 Å². The van der Waals surface area contributed by atoms with E-state index in [1.807, 2.05) is 55.5 Å². The number of aliphatic hydroxyl groups excluding tert-OH is 1. The first-order valence-corrected chi connectivity index (χ1v) is 23.5. The molecule has 0 saturated carbocycles. The fraction of sp³-hybridized carbons (Fsp3) is 0.360. The normalized spacial score (nSPS) is 17.4. The Morgan fingerprint density at radius 2 is 1.25 bits per heavy atom. The molecule has 2 aromatic heterocycles. The molecule has 63 heavy (non-hydrogen) atoms. The first-order valence-electron chi connectivity index (χ1n) is 21.9. The molecule has 4 aromatic carbocycles. The van der Waals surface area contributed by atoms with Crippen LogP contribution in [-0.4, -0.2) is 116 Å². The fourth-order valence-corrected chi connectivity index (χ4v) is 10.1. The molecule has 11 nitrogen and oxygen atoms in total. The molecule has 6 aromatic rings. The highest BCUT2D eigenvalue weighted by Crippen LogP contribution is 2.30. The Bertz CT molecular complexity index is 2460. The van der Waals surface area contributed by atoms with Gasteiger partial charge in [-0.1, -0.05) is 84.9 Å². The summed E-state index contributed by atoms with van der Waals surface area (Å²) in [5.41, 5.74) is 9.13. The van der Waals surface area contributed by atoms with Crippen molar-refractivity contribution < 1.29 is 14.6 Å². The molecule has 0 aliphatic carbocycles. The van der Waals surface area contributed by atoms with E-state index in [4.69, 9.17) is 14.7 Å². The van der Waals surface area contributed by atoms with E-state index in [0.29, 0.717) is 17.5 Å². The summed E-state index contributed by atoms with van der Waals surface area (Å²) in [4.78, 5) is 38.9. The summed E-state index contributed by atoms with van der Waals surface area (Å²) in [5, 5.41) is 14.0. The van der Waals surface area contributed by atoms with Gasteiger partial charge in [0, 0.05) is 86.3 Å². The maximum atomic E-state index is 12.8. The molecule has 0 radical (unpaired) electrons. The van der Waals surface area contributed by atoms with Gasteiger partial charge in [-0.15, -0.1) is 22.7 Å². The molecule has 5 heterocycles. The van der Waals surface area contributed by atoms with Gasteiger partial charge in [0.2, 0.25) is 5.90 Å². The third kappa shape index (κ3) is 11.4. The van der Waals surface area contributed by atoms with Crippen molar-refractivity contribution in [3.05, 3.63) is 163 Å². The second kappa shape index (κ2) is 20.8. The average molecular weight is 883 g/mol. The van der Waals surface area contributed by atoms with Crippen molar-refractivity contribution in [2.24, 2.45) is 4.99 Å². The number of piperazine rings is 2. The molecular weight excluding hydrogens is 825 g/mol. The maximum absolute atomic E-state index is 12.8. The number of aliphatic hydroxyl groups is 1. The molecule has 3 aliphatic rings. The highest BCUT2D eigenvalue weighted by Gasteiger charge is 2.25. The van der Waals surface area contributed by atoms with Crippen molar-refractivity contribution in [1.82, 2.24) is 25.1 Å². The van der Waals surface area contributed by atoms with Crippen LogP contribution in [0, 0.1) is 13.8 Å². The highest BCUT2D eigenvalue weighted by atomic mass is 32.1. The van der Waals surface area contributed by atoms with E-state index in [-0.39, 0.29) is 18.6 Å². The Morgan fingerprint density at radius 3 is 1.83 bits per heavy atom. The number of ether oxygens (including phenoxy) is 1. The van der Waals surface area contributed by atoms with E-state index in [0.717, 1.165) is 92.0 Å². The Balaban J connectivity index is 0.000000173. The lowest BCUT2D eigenvalue weighted by Crippen LogP contribution is -2.44. The van der Waals surface area contributed by atoms with Crippen LogP contribution in [0.25, 0.3) is 0 Å². The molecule has 2 saturated heterocycles. The number of nitrogens with zero attached hydrogens (tertiary/aromatic N) is 7. The smallest absolute Gasteiger partial charge is 0.280 e. The number of likely N-dealkylation sites (N-methyl/N-ethyl adjacent to an activating group) is 2. The standard InChI is InChI=1S/C25H30N4O2S.C25H28N4OS/c1-18-23(16-19-7-6-10-21(15-19)29-13-11-28(2)12-14-29)32-25(26-18)24(31)27-22(17-30)20-8-4-3-5-9-20;1-18-23(16-19-7-6-10-21(15-19)29-13-11-28(2)12-14-29)31-25(26-18)24-27-22(17-30-24)20-8-4-3-5-9-20/h3-10,15,22,30H,11-14,16-17H2,1-2H3,(H,27,31);3-10,15,22H,11-14,16-17H2,1-2H3. The van der Waals surface area contributed by atoms with Crippen LogP contribution in [0.3, 0.4) is 0 Å². The average Bonchev–Trinajstić information content (AvgIpc) is 4.06. The van der Waals surface area contributed by atoms with Crippen LogP contribution in [-0.2, 0) is 17.6 Å². The monoisotopic (exact) mass is 882 g/mol. The van der Waals surface area contributed by atoms with E-state index < -0.39 is 6.04 Å². The molecular formula is C50H58N8O3S2. The highest BCUT2D eigenvalue weighted by molar-refractivity contribution is 7.14. The summed E-state index contributed by atoms with van der Waals surface area (Å²) in [6.45, 7) is 13.1. The molecule has 2 fully saturated rings. The quantitative estimate of drug-likeness (QED) is 0.129. The lowest BCUT2D eigenvalue weighted by atomic mass is 10.1. The number of anilines is 2. The van der Waals surface area contributed by atoms with Gasteiger partial charge in [0.1, 0.15) is 12.6 Å². The summed E-state index contributed by atoms with van der Waals surface area (Å²) in [7, 11) is 4.36. The van der Waals surface area contributed by atoms with Crippen molar-refractivity contribution in [2.45, 2.75) is 38.8 Å². The van der Waals surface area contributed by atoms with Gasteiger partial charge in [-0.2, -0.15) is 0 Å². The van der Waals surface area contributed by atoms with Gasteiger partial charge in [0.05, 0.1) is 24.0 Å². The Morgan fingerprint density at radius 1 is 0.714 bits per heavy atom. The van der Waals surface area contributed by atoms with Crippen LogP contribution in [0.4, 0.5) is 11.4 Å².